The molecule has 2 aliphatic rings. The lowest BCUT2D eigenvalue weighted by molar-refractivity contribution is -0.910. The van der Waals surface area contributed by atoms with Gasteiger partial charge in [0.05, 0.1) is 13.2 Å². The van der Waals surface area contributed by atoms with Crippen molar-refractivity contribution in [2.45, 2.75) is 43.7 Å². The van der Waals surface area contributed by atoms with Gasteiger partial charge in [0.25, 0.3) is 0 Å². The minimum Gasteiger partial charge on any atom is -0.386 e. The molecule has 1 aliphatic carbocycles. The van der Waals surface area contributed by atoms with E-state index in [0.29, 0.717) is 5.75 Å². The molecule has 0 aromatic carbocycles. The summed E-state index contributed by atoms with van der Waals surface area (Å²) in [6, 6.07) is 0. The first-order chi connectivity index (χ1) is 12.2. The fourth-order valence-corrected chi connectivity index (χ4v) is 6.16. The van der Waals surface area contributed by atoms with Crippen LogP contribution in [0.4, 0.5) is 0 Å². The fourth-order valence-electron chi connectivity index (χ4n) is 3.76. The SMILES string of the molecule is Cc1nc(SC[C@@H](O)C[NH+]2CCOCC2)c2c3c(sc2n1)CCCC3. The van der Waals surface area contributed by atoms with Gasteiger partial charge >= 0.3 is 0 Å². The van der Waals surface area contributed by atoms with Gasteiger partial charge in [-0.05, 0) is 38.2 Å². The summed E-state index contributed by atoms with van der Waals surface area (Å²) in [7, 11) is 0. The number of aryl methyl sites for hydroxylation is 3. The van der Waals surface area contributed by atoms with Crippen molar-refractivity contribution >= 4 is 33.3 Å². The second-order valence-electron chi connectivity index (χ2n) is 7.00. The average Bonchev–Trinajstić information content (AvgIpc) is 2.98. The number of aliphatic hydroxyl groups is 1. The molecule has 1 saturated heterocycles. The first kappa shape index (κ1) is 17.7. The Labute approximate surface area is 156 Å². The lowest BCUT2D eigenvalue weighted by Crippen LogP contribution is -3.15. The van der Waals surface area contributed by atoms with Crippen molar-refractivity contribution in [1.82, 2.24) is 9.97 Å². The number of thiophene rings is 1. The second kappa shape index (κ2) is 7.88. The highest BCUT2D eigenvalue weighted by atomic mass is 32.2. The largest absolute Gasteiger partial charge is 0.386 e. The van der Waals surface area contributed by atoms with Crippen molar-refractivity contribution in [3.8, 4) is 0 Å². The molecule has 2 aromatic heterocycles. The van der Waals surface area contributed by atoms with E-state index < -0.39 is 0 Å². The molecular weight excluding hydrogens is 354 g/mol. The van der Waals surface area contributed by atoms with Gasteiger partial charge in [0, 0.05) is 16.0 Å². The molecule has 5 nitrogen and oxygen atoms in total. The van der Waals surface area contributed by atoms with Crippen LogP contribution < -0.4 is 4.90 Å². The lowest BCUT2D eigenvalue weighted by Gasteiger charge is -2.25. The van der Waals surface area contributed by atoms with E-state index >= 15 is 0 Å². The van der Waals surface area contributed by atoms with E-state index in [1.54, 1.807) is 11.8 Å². The molecule has 0 radical (unpaired) electrons. The van der Waals surface area contributed by atoms with Crippen molar-refractivity contribution in [2.75, 3.05) is 38.6 Å². The normalized spacial score (nSPS) is 19.9. The highest BCUT2D eigenvalue weighted by molar-refractivity contribution is 7.99. The molecule has 1 atom stereocenters. The molecule has 7 heteroatoms. The number of fused-ring (bicyclic) bond motifs is 3. The van der Waals surface area contributed by atoms with Gasteiger partial charge in [-0.25, -0.2) is 9.97 Å². The molecule has 136 valence electrons. The van der Waals surface area contributed by atoms with Crippen LogP contribution in [-0.2, 0) is 17.6 Å². The predicted molar refractivity (Wildman–Crippen MR) is 102 cm³/mol. The van der Waals surface area contributed by atoms with Crippen LogP contribution in [0.3, 0.4) is 0 Å². The number of morpholine rings is 1. The zero-order valence-electron chi connectivity index (χ0n) is 14.7. The summed E-state index contributed by atoms with van der Waals surface area (Å²) in [5.41, 5.74) is 1.47. The third-order valence-electron chi connectivity index (χ3n) is 5.03. The highest BCUT2D eigenvalue weighted by Gasteiger charge is 2.23. The van der Waals surface area contributed by atoms with Crippen LogP contribution in [0, 0.1) is 6.92 Å². The number of hydrogen-bond donors (Lipinski definition) is 2. The third-order valence-corrected chi connectivity index (χ3v) is 7.34. The molecule has 0 amide bonds. The number of nitrogens with one attached hydrogen (secondary N) is 1. The first-order valence-corrected chi connectivity index (χ1v) is 11.0. The van der Waals surface area contributed by atoms with E-state index in [1.807, 2.05) is 18.3 Å². The Bertz CT molecular complexity index is 743. The fraction of sp³-hybridized carbons (Fsp3) is 0.667. The summed E-state index contributed by atoms with van der Waals surface area (Å²) in [6.07, 6.45) is 4.58. The molecule has 1 fully saturated rings. The maximum Gasteiger partial charge on any atom is 0.128 e. The molecule has 1 aliphatic heterocycles. The second-order valence-corrected chi connectivity index (χ2v) is 9.09. The zero-order valence-corrected chi connectivity index (χ0v) is 16.3. The number of rotatable bonds is 5. The number of thioether (sulfide) groups is 1. The Morgan fingerprint density at radius 1 is 1.24 bits per heavy atom. The quantitative estimate of drug-likeness (QED) is 0.604. The monoisotopic (exact) mass is 380 g/mol. The highest BCUT2D eigenvalue weighted by Crippen LogP contribution is 2.39. The van der Waals surface area contributed by atoms with E-state index in [9.17, 15) is 5.11 Å². The van der Waals surface area contributed by atoms with Crippen LogP contribution in [0.15, 0.2) is 5.03 Å². The predicted octanol–water partition coefficient (Wildman–Crippen LogP) is 1.25. The number of quaternary nitrogens is 1. The molecule has 4 rings (SSSR count). The summed E-state index contributed by atoms with van der Waals surface area (Å²) in [6.45, 7) is 6.37. The first-order valence-electron chi connectivity index (χ1n) is 9.22. The maximum atomic E-state index is 10.5. The Hall–Kier alpha value is -0.730. The summed E-state index contributed by atoms with van der Waals surface area (Å²) < 4.78 is 5.39. The van der Waals surface area contributed by atoms with E-state index in [0.717, 1.165) is 54.9 Å². The number of hydrogen-bond acceptors (Lipinski definition) is 6. The molecule has 0 spiro atoms. The number of aromatic nitrogens is 2. The van der Waals surface area contributed by atoms with Crippen LogP contribution >= 0.6 is 23.1 Å². The van der Waals surface area contributed by atoms with Crippen LogP contribution in [0.5, 0.6) is 0 Å². The number of ether oxygens (including phenoxy) is 1. The van der Waals surface area contributed by atoms with Gasteiger partial charge in [-0.2, -0.15) is 0 Å². The summed E-state index contributed by atoms with van der Waals surface area (Å²) in [4.78, 5) is 13.5. The van der Waals surface area contributed by atoms with Crippen LogP contribution in [0.2, 0.25) is 0 Å². The van der Waals surface area contributed by atoms with E-state index in [-0.39, 0.29) is 6.10 Å². The van der Waals surface area contributed by atoms with Gasteiger partial charge in [-0.3, -0.25) is 0 Å². The zero-order chi connectivity index (χ0) is 17.2. The van der Waals surface area contributed by atoms with Crippen molar-refractivity contribution in [2.24, 2.45) is 0 Å². The van der Waals surface area contributed by atoms with Crippen molar-refractivity contribution < 1.29 is 14.7 Å². The van der Waals surface area contributed by atoms with Gasteiger partial charge in [0.1, 0.15) is 41.4 Å². The van der Waals surface area contributed by atoms with Gasteiger partial charge in [-0.15, -0.1) is 23.1 Å². The van der Waals surface area contributed by atoms with Crippen molar-refractivity contribution in [3.63, 3.8) is 0 Å². The topological polar surface area (TPSA) is 59.7 Å². The van der Waals surface area contributed by atoms with Crippen LogP contribution in [0.25, 0.3) is 10.2 Å². The van der Waals surface area contributed by atoms with Gasteiger partial charge in [0.15, 0.2) is 0 Å². The van der Waals surface area contributed by atoms with Crippen LogP contribution in [0.1, 0.15) is 29.1 Å². The van der Waals surface area contributed by atoms with Gasteiger partial charge in [-0.1, -0.05) is 0 Å². The number of nitrogens with zero attached hydrogens (tertiary/aromatic N) is 2. The maximum absolute atomic E-state index is 10.5. The minimum atomic E-state index is -0.308. The minimum absolute atomic E-state index is 0.308. The Balaban J connectivity index is 1.49. The smallest absolute Gasteiger partial charge is 0.128 e. The van der Waals surface area contributed by atoms with Crippen molar-refractivity contribution in [3.05, 3.63) is 16.3 Å². The van der Waals surface area contributed by atoms with Gasteiger partial charge in [0.2, 0.25) is 0 Å². The molecule has 0 unspecified atom stereocenters. The molecule has 0 bridgehead atoms. The Morgan fingerprint density at radius 3 is 2.88 bits per heavy atom. The number of aliphatic hydroxyl groups excluding tert-OH is 1. The van der Waals surface area contributed by atoms with Gasteiger partial charge < -0.3 is 14.7 Å². The molecule has 2 N–H and O–H groups in total. The third kappa shape index (κ3) is 4.01. The molecule has 2 aromatic rings. The summed E-state index contributed by atoms with van der Waals surface area (Å²) >= 11 is 3.55. The van der Waals surface area contributed by atoms with Crippen molar-refractivity contribution in [1.29, 1.82) is 0 Å². The Morgan fingerprint density at radius 2 is 2.04 bits per heavy atom. The molecule has 25 heavy (non-hydrogen) atoms. The molecular formula is C18H26N3O2S2+. The average molecular weight is 381 g/mol. The molecule has 0 saturated carbocycles. The summed E-state index contributed by atoms with van der Waals surface area (Å²) in [5, 5.41) is 12.8. The molecule has 3 heterocycles. The standard InChI is InChI=1S/C18H25N3O2S2/c1-12-19-17(24-11-13(22)10-21-6-8-23-9-7-21)16-14-4-2-3-5-15(14)25-18(16)20-12/h13,22H,2-11H2,1H3/p+1/t13-/m0/s1. The summed E-state index contributed by atoms with van der Waals surface area (Å²) in [5.74, 6) is 1.53. The van der Waals surface area contributed by atoms with E-state index in [4.69, 9.17) is 9.72 Å². The van der Waals surface area contributed by atoms with E-state index in [1.165, 1.54) is 40.0 Å². The lowest BCUT2D eigenvalue weighted by atomic mass is 9.97. The van der Waals surface area contributed by atoms with E-state index in [2.05, 4.69) is 4.98 Å². The Kier molecular flexibility index (Phi) is 5.57. The van der Waals surface area contributed by atoms with Crippen LogP contribution in [-0.4, -0.2) is 59.8 Å².